The van der Waals surface area contributed by atoms with Gasteiger partial charge in [-0.15, -0.1) is 0 Å². The maximum atomic E-state index is 5.43. The van der Waals surface area contributed by atoms with Gasteiger partial charge in [0.15, 0.2) is 0 Å². The quantitative estimate of drug-likeness (QED) is 0.261. The number of thioether (sulfide) groups is 1. The standard InChI is InChI=1S/C12H18S.C10H14O.C9H18.2C5H12.C4H10O/c1-10-5-7-11(8-6-10)9-13-12(2,3)4;1-9(2)11-8-10-6-4-3-5-7-10;1-8(2)9-6-4-3-5-7-9;2*1-4-5(2)3;1-4(2)5-3/h5-8H,9H2,1-4H3;3-7,9H,8H2,1-2H3;8-9H,3-7H2,1-2H3;2*5H,4H2,1-3H3;4H,1-3H3. The molecule has 0 aromatic heterocycles. The van der Waals surface area contributed by atoms with Gasteiger partial charge in [-0.2, -0.15) is 11.8 Å². The molecule has 0 heterocycles. The zero-order chi connectivity index (χ0) is 37.5. The molecule has 2 nitrogen and oxygen atoms in total. The van der Waals surface area contributed by atoms with Crippen LogP contribution in [-0.4, -0.2) is 24.1 Å². The lowest BCUT2D eigenvalue weighted by molar-refractivity contribution is 0.0657. The van der Waals surface area contributed by atoms with Gasteiger partial charge >= 0.3 is 0 Å². The molecule has 1 saturated carbocycles. The number of benzene rings is 2. The number of aryl methyl sites for hydroxylation is 1. The molecule has 2 aromatic carbocycles. The Labute approximate surface area is 307 Å². The lowest BCUT2D eigenvalue weighted by atomic mass is 9.82. The third-order valence-electron chi connectivity index (χ3n) is 7.92. The normalized spacial score (nSPS) is 12.9. The van der Waals surface area contributed by atoms with E-state index < -0.39 is 0 Å². The van der Waals surface area contributed by atoms with Crippen LogP contribution >= 0.6 is 11.8 Å². The fraction of sp³-hybridized carbons (Fsp3) is 0.733. The molecule has 0 amide bonds. The van der Waals surface area contributed by atoms with E-state index in [9.17, 15) is 0 Å². The average molecular weight is 689 g/mol. The van der Waals surface area contributed by atoms with E-state index in [2.05, 4.69) is 119 Å². The van der Waals surface area contributed by atoms with Gasteiger partial charge in [-0.1, -0.05) is 181 Å². The Morgan fingerprint density at radius 1 is 0.667 bits per heavy atom. The van der Waals surface area contributed by atoms with Crippen molar-refractivity contribution in [1.82, 2.24) is 0 Å². The van der Waals surface area contributed by atoms with Crippen molar-refractivity contribution in [3.05, 3.63) is 71.3 Å². The first-order valence-corrected chi connectivity index (χ1v) is 20.2. The summed E-state index contributed by atoms with van der Waals surface area (Å²) in [6.07, 6.45) is 10.8. The van der Waals surface area contributed by atoms with Crippen LogP contribution in [-0.2, 0) is 21.8 Å². The van der Waals surface area contributed by atoms with Crippen molar-refractivity contribution in [2.45, 2.75) is 185 Å². The Morgan fingerprint density at radius 2 is 1.10 bits per heavy atom. The summed E-state index contributed by atoms with van der Waals surface area (Å²) < 4.78 is 10.5. The molecule has 0 aliphatic heterocycles. The minimum absolute atomic E-state index is 0.315. The predicted molar refractivity (Wildman–Crippen MR) is 222 cm³/mol. The van der Waals surface area contributed by atoms with Gasteiger partial charge in [0.2, 0.25) is 0 Å². The van der Waals surface area contributed by atoms with Crippen molar-refractivity contribution in [2.24, 2.45) is 23.7 Å². The average Bonchev–Trinajstić information content (AvgIpc) is 3.05. The zero-order valence-corrected chi connectivity index (χ0v) is 36.1. The molecular weight excluding hydrogens is 605 g/mol. The third-order valence-corrected chi connectivity index (χ3v) is 9.26. The summed E-state index contributed by atoms with van der Waals surface area (Å²) in [5.41, 5.74) is 4.00. The highest BCUT2D eigenvalue weighted by Crippen LogP contribution is 2.29. The SMILES string of the molecule is CC(C)C1CCCCC1.CC(C)OCc1ccccc1.CCC(C)C.CCC(C)C.COC(C)C.Cc1ccc(CSC(C)(C)C)cc1. The molecule has 3 heteroatoms. The van der Waals surface area contributed by atoms with Crippen molar-refractivity contribution in [3.63, 3.8) is 0 Å². The highest BCUT2D eigenvalue weighted by Gasteiger charge is 2.15. The van der Waals surface area contributed by atoms with Gasteiger partial charge in [0, 0.05) is 17.6 Å². The minimum Gasteiger partial charge on any atom is -0.382 e. The molecule has 2 aromatic rings. The highest BCUT2D eigenvalue weighted by atomic mass is 32.2. The summed E-state index contributed by atoms with van der Waals surface area (Å²) in [5.74, 6) is 4.87. The van der Waals surface area contributed by atoms with Gasteiger partial charge in [0.05, 0.1) is 18.8 Å². The van der Waals surface area contributed by atoms with Crippen LogP contribution in [0.5, 0.6) is 0 Å². The molecule has 0 unspecified atom stereocenters. The topological polar surface area (TPSA) is 18.5 Å². The Balaban J connectivity index is -0.000000530. The van der Waals surface area contributed by atoms with E-state index in [-0.39, 0.29) is 0 Å². The summed E-state index contributed by atoms with van der Waals surface area (Å²) in [7, 11) is 1.70. The van der Waals surface area contributed by atoms with Crippen LogP contribution in [0.3, 0.4) is 0 Å². The Morgan fingerprint density at radius 3 is 1.42 bits per heavy atom. The molecule has 0 spiro atoms. The molecule has 48 heavy (non-hydrogen) atoms. The smallest absolute Gasteiger partial charge is 0.0720 e. The summed E-state index contributed by atoms with van der Waals surface area (Å²) in [5, 5.41) is 0. The van der Waals surface area contributed by atoms with E-state index in [4.69, 9.17) is 9.47 Å². The van der Waals surface area contributed by atoms with Gasteiger partial charge in [0.1, 0.15) is 0 Å². The zero-order valence-electron chi connectivity index (χ0n) is 35.2. The number of rotatable bonds is 9. The summed E-state index contributed by atoms with van der Waals surface area (Å²) >= 11 is 1.99. The Bertz CT molecular complexity index is 870. The number of hydrogen-bond acceptors (Lipinski definition) is 3. The molecule has 0 bridgehead atoms. The molecular formula is C45H84O2S. The molecule has 0 N–H and O–H groups in total. The predicted octanol–water partition coefficient (Wildman–Crippen LogP) is 15.0. The van der Waals surface area contributed by atoms with Crippen LogP contribution in [0.25, 0.3) is 0 Å². The molecule has 282 valence electrons. The van der Waals surface area contributed by atoms with Crippen molar-refractivity contribution in [1.29, 1.82) is 0 Å². The monoisotopic (exact) mass is 689 g/mol. The van der Waals surface area contributed by atoms with E-state index in [0.717, 1.165) is 36.0 Å². The van der Waals surface area contributed by atoms with Crippen LogP contribution < -0.4 is 0 Å². The minimum atomic E-state index is 0.315. The van der Waals surface area contributed by atoms with E-state index in [0.29, 0.717) is 17.0 Å². The highest BCUT2D eigenvalue weighted by molar-refractivity contribution is 7.99. The van der Waals surface area contributed by atoms with Gasteiger partial charge in [0.25, 0.3) is 0 Å². The third kappa shape index (κ3) is 40.9. The molecule has 1 aliphatic carbocycles. The first-order chi connectivity index (χ1) is 22.4. The molecule has 0 radical (unpaired) electrons. The van der Waals surface area contributed by atoms with Crippen molar-refractivity contribution in [2.75, 3.05) is 7.11 Å². The van der Waals surface area contributed by atoms with E-state index in [1.807, 2.05) is 57.7 Å². The second-order valence-electron chi connectivity index (χ2n) is 15.8. The first-order valence-electron chi connectivity index (χ1n) is 19.3. The van der Waals surface area contributed by atoms with Crippen molar-refractivity contribution >= 4 is 11.8 Å². The Hall–Kier alpha value is -1.29. The van der Waals surface area contributed by atoms with E-state index in [1.165, 1.54) is 61.6 Å². The van der Waals surface area contributed by atoms with Crippen LogP contribution in [0.1, 0.15) is 165 Å². The molecule has 0 atom stereocenters. The fourth-order valence-corrected chi connectivity index (χ4v) is 4.41. The second kappa shape index (κ2) is 32.9. The summed E-state index contributed by atoms with van der Waals surface area (Å²) in [6, 6.07) is 19.0. The Kier molecular flexibility index (Phi) is 35.0. The largest absolute Gasteiger partial charge is 0.382 e. The van der Waals surface area contributed by atoms with E-state index >= 15 is 0 Å². The van der Waals surface area contributed by atoms with Crippen LogP contribution in [0.15, 0.2) is 54.6 Å². The lowest BCUT2D eigenvalue weighted by Gasteiger charge is -2.24. The first kappa shape index (κ1) is 51.1. The van der Waals surface area contributed by atoms with Crippen LogP contribution in [0.4, 0.5) is 0 Å². The van der Waals surface area contributed by atoms with Gasteiger partial charge in [-0.05, 0) is 69.4 Å². The van der Waals surface area contributed by atoms with E-state index in [1.54, 1.807) is 7.11 Å². The molecule has 1 aliphatic rings. The molecule has 1 fully saturated rings. The maximum absolute atomic E-state index is 5.43. The summed E-state index contributed by atoms with van der Waals surface area (Å²) in [4.78, 5) is 0. The summed E-state index contributed by atoms with van der Waals surface area (Å²) in [6.45, 7) is 35.7. The van der Waals surface area contributed by atoms with Crippen LogP contribution in [0, 0.1) is 30.6 Å². The van der Waals surface area contributed by atoms with Crippen molar-refractivity contribution < 1.29 is 9.47 Å². The van der Waals surface area contributed by atoms with Gasteiger partial charge in [-0.25, -0.2) is 0 Å². The van der Waals surface area contributed by atoms with Gasteiger partial charge in [-0.3, -0.25) is 0 Å². The fourth-order valence-electron chi connectivity index (χ4n) is 3.62. The molecule has 3 rings (SSSR count). The number of methoxy groups -OCH3 is 1. The molecule has 0 saturated heterocycles. The van der Waals surface area contributed by atoms with Gasteiger partial charge < -0.3 is 9.47 Å². The number of ether oxygens (including phenoxy) is 2. The van der Waals surface area contributed by atoms with Crippen molar-refractivity contribution in [3.8, 4) is 0 Å². The van der Waals surface area contributed by atoms with Crippen LogP contribution in [0.2, 0.25) is 0 Å². The lowest BCUT2D eigenvalue weighted by Crippen LogP contribution is -2.12. The second-order valence-corrected chi connectivity index (χ2v) is 17.6. The number of hydrogen-bond donors (Lipinski definition) is 0. The maximum Gasteiger partial charge on any atom is 0.0720 e.